The predicted molar refractivity (Wildman–Crippen MR) is 64.8 cm³/mol. The molecule has 5 nitrogen and oxygen atoms in total. The van der Waals surface area contributed by atoms with E-state index in [4.69, 9.17) is 0 Å². The third-order valence-corrected chi connectivity index (χ3v) is 2.76. The van der Waals surface area contributed by atoms with E-state index in [9.17, 15) is 18.0 Å². The Morgan fingerprint density at radius 2 is 1.82 bits per heavy atom. The van der Waals surface area contributed by atoms with E-state index in [1.165, 1.54) is 6.92 Å². The van der Waals surface area contributed by atoms with Crippen LogP contribution in [0.15, 0.2) is 24.3 Å². The van der Waals surface area contributed by atoms with Crippen LogP contribution in [-0.2, 0) is 14.6 Å². The van der Waals surface area contributed by atoms with Crippen LogP contribution in [0.4, 0.5) is 5.69 Å². The van der Waals surface area contributed by atoms with Crippen molar-refractivity contribution in [1.29, 1.82) is 0 Å². The monoisotopic (exact) mass is 255 g/mol. The molecule has 0 aliphatic rings. The second-order valence-corrected chi connectivity index (χ2v) is 5.86. The fourth-order valence-electron chi connectivity index (χ4n) is 1.32. The summed E-state index contributed by atoms with van der Waals surface area (Å²) < 4.78 is 21.8. The fourth-order valence-corrected chi connectivity index (χ4v) is 1.87. The highest BCUT2D eigenvalue weighted by Crippen LogP contribution is 2.15. The molecular weight excluding hydrogens is 242 g/mol. The van der Waals surface area contributed by atoms with Gasteiger partial charge in [-0.1, -0.05) is 12.1 Å². The molecule has 1 rings (SSSR count). The summed E-state index contributed by atoms with van der Waals surface area (Å²) in [5, 5.41) is 2.41. The second-order valence-electron chi connectivity index (χ2n) is 3.72. The average molecular weight is 255 g/mol. The summed E-state index contributed by atoms with van der Waals surface area (Å²) >= 11 is 0. The van der Waals surface area contributed by atoms with Gasteiger partial charge in [0.15, 0.2) is 15.6 Å². The standard InChI is InChI=1S/C11H13NO4S/c1-8(13)9-5-3-4-6-10(9)12-11(14)7-17(2,15)16/h3-6H,7H2,1-2H3,(H,12,14). The van der Waals surface area contributed by atoms with Gasteiger partial charge in [-0.3, -0.25) is 9.59 Å². The van der Waals surface area contributed by atoms with Gasteiger partial charge >= 0.3 is 0 Å². The van der Waals surface area contributed by atoms with E-state index >= 15 is 0 Å². The summed E-state index contributed by atoms with van der Waals surface area (Å²) in [5.74, 6) is -1.44. The normalized spacial score (nSPS) is 10.9. The van der Waals surface area contributed by atoms with Crippen LogP contribution in [0.5, 0.6) is 0 Å². The minimum Gasteiger partial charge on any atom is -0.325 e. The summed E-state index contributed by atoms with van der Waals surface area (Å²) in [5.41, 5.74) is 0.683. The minimum absolute atomic E-state index is 0.194. The fraction of sp³-hybridized carbons (Fsp3) is 0.273. The Labute approximate surface area is 99.8 Å². The topological polar surface area (TPSA) is 80.3 Å². The zero-order valence-electron chi connectivity index (χ0n) is 9.56. The smallest absolute Gasteiger partial charge is 0.239 e. The maximum atomic E-state index is 11.4. The van der Waals surface area contributed by atoms with Crippen molar-refractivity contribution in [2.24, 2.45) is 0 Å². The average Bonchev–Trinajstić information content (AvgIpc) is 2.14. The van der Waals surface area contributed by atoms with Crippen molar-refractivity contribution in [3.63, 3.8) is 0 Å². The molecule has 0 atom stereocenters. The molecule has 0 saturated heterocycles. The van der Waals surface area contributed by atoms with Crippen LogP contribution in [-0.4, -0.2) is 32.1 Å². The molecule has 0 heterocycles. The molecule has 1 aromatic rings. The number of hydrogen-bond donors (Lipinski definition) is 1. The van der Waals surface area contributed by atoms with Crippen LogP contribution in [0.3, 0.4) is 0 Å². The number of hydrogen-bond acceptors (Lipinski definition) is 4. The molecule has 0 radical (unpaired) electrons. The number of para-hydroxylation sites is 1. The molecule has 92 valence electrons. The first-order valence-corrected chi connectivity index (χ1v) is 6.93. The van der Waals surface area contributed by atoms with Gasteiger partial charge in [0.1, 0.15) is 5.75 Å². The van der Waals surface area contributed by atoms with E-state index in [0.29, 0.717) is 11.3 Å². The molecule has 0 unspecified atom stereocenters. The molecule has 17 heavy (non-hydrogen) atoms. The molecular formula is C11H13NO4S. The lowest BCUT2D eigenvalue weighted by molar-refractivity contribution is -0.113. The zero-order chi connectivity index (χ0) is 13.1. The highest BCUT2D eigenvalue weighted by atomic mass is 32.2. The van der Waals surface area contributed by atoms with E-state index in [-0.39, 0.29) is 5.78 Å². The third kappa shape index (κ3) is 4.36. The van der Waals surface area contributed by atoms with Gasteiger partial charge in [0.2, 0.25) is 5.91 Å². The quantitative estimate of drug-likeness (QED) is 0.810. The van der Waals surface area contributed by atoms with Crippen molar-refractivity contribution in [2.75, 3.05) is 17.3 Å². The van der Waals surface area contributed by atoms with Crippen LogP contribution in [0.25, 0.3) is 0 Å². The Balaban J connectivity index is 2.89. The molecule has 0 spiro atoms. The first-order chi connectivity index (χ1) is 7.79. The Morgan fingerprint density at radius 3 is 2.35 bits per heavy atom. The van der Waals surface area contributed by atoms with Crippen molar-refractivity contribution >= 4 is 27.2 Å². The minimum atomic E-state index is -3.37. The number of benzene rings is 1. The molecule has 1 amide bonds. The summed E-state index contributed by atoms with van der Waals surface area (Å²) in [6.45, 7) is 1.38. The number of amides is 1. The maximum absolute atomic E-state index is 11.4. The predicted octanol–water partition coefficient (Wildman–Crippen LogP) is 0.872. The lowest BCUT2D eigenvalue weighted by Gasteiger charge is -2.08. The second kappa shape index (κ2) is 5.09. The summed E-state index contributed by atoms with van der Waals surface area (Å²) in [6, 6.07) is 6.45. The van der Waals surface area contributed by atoms with Gasteiger partial charge in [-0.25, -0.2) is 8.42 Å². The van der Waals surface area contributed by atoms with Gasteiger partial charge in [-0.2, -0.15) is 0 Å². The first-order valence-electron chi connectivity index (χ1n) is 4.87. The van der Waals surface area contributed by atoms with Crippen molar-refractivity contribution in [2.45, 2.75) is 6.92 Å². The van der Waals surface area contributed by atoms with Crippen LogP contribution >= 0.6 is 0 Å². The number of nitrogens with one attached hydrogen (secondary N) is 1. The van der Waals surface area contributed by atoms with Gasteiger partial charge in [0.05, 0.1) is 5.69 Å². The van der Waals surface area contributed by atoms with Crippen LogP contribution in [0.1, 0.15) is 17.3 Å². The molecule has 1 N–H and O–H groups in total. The Bertz CT molecular complexity index is 548. The zero-order valence-corrected chi connectivity index (χ0v) is 10.4. The van der Waals surface area contributed by atoms with E-state index < -0.39 is 21.5 Å². The number of anilines is 1. The van der Waals surface area contributed by atoms with E-state index in [1.807, 2.05) is 0 Å². The molecule has 0 fully saturated rings. The van der Waals surface area contributed by atoms with Crippen LogP contribution < -0.4 is 5.32 Å². The Kier molecular flexibility index (Phi) is 4.01. The SMILES string of the molecule is CC(=O)c1ccccc1NC(=O)CS(C)(=O)=O. The van der Waals surface area contributed by atoms with Crippen LogP contribution in [0.2, 0.25) is 0 Å². The van der Waals surface area contributed by atoms with Crippen molar-refractivity contribution in [3.8, 4) is 0 Å². The maximum Gasteiger partial charge on any atom is 0.239 e. The third-order valence-electron chi connectivity index (χ3n) is 1.97. The number of sulfone groups is 1. The van der Waals surface area contributed by atoms with Gasteiger partial charge in [0, 0.05) is 11.8 Å². The summed E-state index contributed by atoms with van der Waals surface area (Å²) in [7, 11) is -3.37. The van der Waals surface area contributed by atoms with Crippen LogP contribution in [0, 0.1) is 0 Å². The van der Waals surface area contributed by atoms with Gasteiger partial charge in [-0.15, -0.1) is 0 Å². The first kappa shape index (κ1) is 13.4. The van der Waals surface area contributed by atoms with E-state index in [1.54, 1.807) is 24.3 Å². The molecule has 0 aliphatic heterocycles. The molecule has 6 heteroatoms. The number of carbonyl (C=O) groups is 2. The molecule has 0 bridgehead atoms. The highest BCUT2D eigenvalue weighted by molar-refractivity contribution is 7.91. The largest absolute Gasteiger partial charge is 0.325 e. The van der Waals surface area contributed by atoms with Crippen molar-refractivity contribution < 1.29 is 18.0 Å². The van der Waals surface area contributed by atoms with Gasteiger partial charge < -0.3 is 5.32 Å². The van der Waals surface area contributed by atoms with Gasteiger partial charge in [0.25, 0.3) is 0 Å². The Hall–Kier alpha value is -1.69. The highest BCUT2D eigenvalue weighted by Gasteiger charge is 2.13. The number of rotatable bonds is 4. The molecule has 0 aliphatic carbocycles. The summed E-state index contributed by atoms with van der Waals surface area (Å²) in [4.78, 5) is 22.7. The number of Topliss-reactive ketones (excluding diaryl/α,β-unsaturated/α-hetero) is 1. The lowest BCUT2D eigenvalue weighted by atomic mass is 10.1. The van der Waals surface area contributed by atoms with Gasteiger partial charge in [-0.05, 0) is 19.1 Å². The molecule has 0 aromatic heterocycles. The van der Waals surface area contributed by atoms with Crippen molar-refractivity contribution in [1.82, 2.24) is 0 Å². The lowest BCUT2D eigenvalue weighted by Crippen LogP contribution is -2.22. The number of carbonyl (C=O) groups excluding carboxylic acids is 2. The Morgan fingerprint density at radius 1 is 1.24 bits per heavy atom. The van der Waals surface area contributed by atoms with E-state index in [0.717, 1.165) is 6.26 Å². The van der Waals surface area contributed by atoms with Crippen molar-refractivity contribution in [3.05, 3.63) is 29.8 Å². The molecule has 1 aromatic carbocycles. The van der Waals surface area contributed by atoms with E-state index in [2.05, 4.69) is 5.32 Å². The summed E-state index contributed by atoms with van der Waals surface area (Å²) in [6.07, 6.45) is 0.976. The number of ketones is 1. The molecule has 0 saturated carbocycles.